The van der Waals surface area contributed by atoms with Gasteiger partial charge >= 0.3 is 6.01 Å². The summed E-state index contributed by atoms with van der Waals surface area (Å²) in [7, 11) is 1.45. The molecule has 3 aliphatic heterocycles. The molecule has 6 N–H and O–H groups in total. The zero-order valence-electron chi connectivity index (χ0n) is 31.7. The number of pyridine rings is 1. The smallest absolute Gasteiger partial charge is 0.319 e. The molecule has 5 aliphatic rings. The van der Waals surface area contributed by atoms with Gasteiger partial charge in [-0.3, -0.25) is 4.90 Å². The zero-order chi connectivity index (χ0) is 38.0. The quantitative estimate of drug-likeness (QED) is 0.174. The monoisotopic (exact) mass is 744 g/mol. The van der Waals surface area contributed by atoms with Crippen LogP contribution in [0.15, 0.2) is 12.6 Å². The normalized spacial score (nSPS) is 31.3. The largest absolute Gasteiger partial charge is 0.480 e. The Bertz CT molecular complexity index is 1950. The van der Waals surface area contributed by atoms with Crippen LogP contribution in [0.5, 0.6) is 11.9 Å². The molecule has 8 rings (SSSR count). The lowest BCUT2D eigenvalue weighted by molar-refractivity contribution is -0.134. The van der Waals surface area contributed by atoms with Gasteiger partial charge < -0.3 is 45.8 Å². The average molecular weight is 745 g/mol. The van der Waals surface area contributed by atoms with Gasteiger partial charge in [0.1, 0.15) is 34.6 Å². The first-order valence-electron chi connectivity index (χ1n) is 19.2. The van der Waals surface area contributed by atoms with Crippen molar-refractivity contribution in [1.82, 2.24) is 19.9 Å². The molecule has 0 radical (unpaired) electrons. The van der Waals surface area contributed by atoms with Crippen molar-refractivity contribution in [2.24, 2.45) is 16.6 Å². The number of halogens is 1. The Morgan fingerprint density at radius 3 is 2.59 bits per heavy atom. The predicted molar refractivity (Wildman–Crippen MR) is 206 cm³/mol. The fourth-order valence-corrected chi connectivity index (χ4v) is 10.3. The maximum Gasteiger partial charge on any atom is 0.319 e. The van der Waals surface area contributed by atoms with Crippen LogP contribution in [-0.2, 0) is 9.47 Å². The summed E-state index contributed by atoms with van der Waals surface area (Å²) >= 11 is 0. The van der Waals surface area contributed by atoms with Crippen molar-refractivity contribution >= 4 is 34.7 Å². The maximum atomic E-state index is 17.4. The molecule has 13 nitrogen and oxygen atoms in total. The van der Waals surface area contributed by atoms with Crippen molar-refractivity contribution in [2.45, 2.75) is 82.5 Å². The van der Waals surface area contributed by atoms with E-state index in [0.29, 0.717) is 52.8 Å². The second-order valence-electron chi connectivity index (χ2n) is 16.7. The fraction of sp³-hybridized carbons (Fsp3) is 0.600. The number of rotatable bonds is 9. The van der Waals surface area contributed by atoms with Crippen molar-refractivity contribution < 1.29 is 28.4 Å². The lowest BCUT2D eigenvalue weighted by Crippen LogP contribution is -2.72. The molecule has 3 unspecified atom stereocenters. The number of benzene rings is 1. The van der Waals surface area contributed by atoms with E-state index in [1.54, 1.807) is 19.1 Å². The number of β-amino-alcohol motifs (C(OH)–C–C–N with tert-alkyl or cyclic N) is 1. The first-order chi connectivity index (χ1) is 25.9. The number of fused-ring (bicyclic) bond motifs is 2. The van der Waals surface area contributed by atoms with E-state index in [4.69, 9.17) is 50.8 Å². The van der Waals surface area contributed by atoms with Crippen LogP contribution in [0.1, 0.15) is 75.0 Å². The van der Waals surface area contributed by atoms with Crippen molar-refractivity contribution in [3.63, 3.8) is 0 Å². The van der Waals surface area contributed by atoms with Crippen molar-refractivity contribution in [3.8, 4) is 23.1 Å². The molecule has 2 aliphatic carbocycles. The van der Waals surface area contributed by atoms with Crippen LogP contribution >= 0.6 is 0 Å². The Morgan fingerprint density at radius 1 is 1.09 bits per heavy atom. The average Bonchev–Trinajstić information content (AvgIpc) is 3.71. The third kappa shape index (κ3) is 5.92. The number of hydrogen-bond acceptors (Lipinski definition) is 13. The summed E-state index contributed by atoms with van der Waals surface area (Å²) in [6, 6.07) is 2.15. The van der Waals surface area contributed by atoms with Gasteiger partial charge in [0, 0.05) is 54.2 Å². The number of nitrogen functional groups attached to an aromatic ring is 1. The molecular weight excluding hydrogens is 691 g/mol. The predicted octanol–water partition coefficient (Wildman–Crippen LogP) is 4.83. The number of ether oxygens (including phenoxy) is 4. The Balaban J connectivity index is 1.23. The number of aromatic nitrogens is 3. The van der Waals surface area contributed by atoms with Crippen LogP contribution < -0.4 is 25.8 Å². The van der Waals surface area contributed by atoms with Crippen LogP contribution in [0.2, 0.25) is 0 Å². The van der Waals surface area contributed by atoms with Gasteiger partial charge in [0.2, 0.25) is 5.88 Å². The van der Waals surface area contributed by atoms with Crippen molar-refractivity contribution in [3.05, 3.63) is 35.2 Å². The summed E-state index contributed by atoms with van der Waals surface area (Å²) in [6.45, 7) is 11.4. The number of methoxy groups -OCH3 is 1. The molecule has 5 fully saturated rings. The molecule has 1 spiro atoms. The second kappa shape index (κ2) is 13.7. The first-order valence-corrected chi connectivity index (χ1v) is 19.2. The van der Waals surface area contributed by atoms with Gasteiger partial charge in [0.05, 0.1) is 39.1 Å². The lowest BCUT2D eigenvalue weighted by atomic mass is 9.62. The first kappa shape index (κ1) is 37.0. The maximum absolute atomic E-state index is 17.4. The molecule has 3 saturated heterocycles. The van der Waals surface area contributed by atoms with Gasteiger partial charge in [-0.15, -0.1) is 0 Å². The number of hydrogen-bond donors (Lipinski definition) is 4. The Hall–Kier alpha value is -3.95. The topological polar surface area (TPSA) is 178 Å². The fourth-order valence-electron chi connectivity index (χ4n) is 10.3. The molecule has 2 saturated carbocycles. The highest BCUT2D eigenvalue weighted by Gasteiger charge is 2.62. The van der Waals surface area contributed by atoms with Crippen LogP contribution in [0.3, 0.4) is 0 Å². The minimum atomic E-state index is -1.22. The zero-order valence-corrected chi connectivity index (χ0v) is 31.7. The molecule has 3 aromatic rings. The molecule has 2 aromatic heterocycles. The molecule has 5 heterocycles. The van der Waals surface area contributed by atoms with Crippen LogP contribution in [0, 0.1) is 29.0 Å². The minimum Gasteiger partial charge on any atom is -0.480 e. The van der Waals surface area contributed by atoms with Crippen molar-refractivity contribution in [2.75, 3.05) is 70.4 Å². The summed E-state index contributed by atoms with van der Waals surface area (Å²) in [6.07, 6.45) is 10.7. The van der Waals surface area contributed by atoms with E-state index in [9.17, 15) is 5.11 Å². The molecular formula is C40H53FN8O5. The number of anilines is 2. The van der Waals surface area contributed by atoms with Crippen LogP contribution in [0.4, 0.5) is 15.9 Å². The van der Waals surface area contributed by atoms with E-state index in [2.05, 4.69) is 11.5 Å². The van der Waals surface area contributed by atoms with Gasteiger partial charge in [0.25, 0.3) is 0 Å². The molecule has 3 atom stereocenters. The number of aryl methyl sites for hydroxylation is 1. The number of nitrogens with zero attached hydrogens (tertiary/aromatic N) is 5. The third-order valence-corrected chi connectivity index (χ3v) is 13.0. The van der Waals surface area contributed by atoms with Crippen molar-refractivity contribution in [1.29, 1.82) is 5.41 Å². The van der Waals surface area contributed by atoms with E-state index in [1.807, 2.05) is 11.8 Å². The molecule has 14 heteroatoms. The molecule has 54 heavy (non-hydrogen) atoms. The standard InChI is InChI=1S/C40H53FN8O5/c1-5-26-24(2)16-28(43)27(19-42)29(26)32-31(41)33-30(35(45-32)51-4)34(48-13-15-53-21-37(3,50)20-48)47-36(46-33)54-23-39-8-6-10-40(39,44)49(12-7-9-39)25-17-38(18-25)11-14-52-22-38/h5,16,19,25,42,50H,1,6-15,17-18,20-23,43-44H2,2-4H3. The van der Waals surface area contributed by atoms with Gasteiger partial charge in [0.15, 0.2) is 5.82 Å². The highest BCUT2D eigenvalue weighted by Crippen LogP contribution is 2.58. The van der Waals surface area contributed by atoms with E-state index in [-0.39, 0.29) is 53.7 Å². The number of nitrogens with one attached hydrogen (secondary N) is 1. The number of likely N-dealkylation sites (tertiary alicyclic amines) is 1. The van der Waals surface area contributed by atoms with Crippen LogP contribution in [0.25, 0.3) is 28.2 Å². The Labute approximate surface area is 315 Å². The molecule has 0 bridgehead atoms. The van der Waals surface area contributed by atoms with Crippen LogP contribution in [-0.4, -0.2) is 108 Å². The third-order valence-electron chi connectivity index (χ3n) is 13.0. The lowest BCUT2D eigenvalue weighted by Gasteiger charge is -2.60. The minimum absolute atomic E-state index is 0.00756. The highest BCUT2D eigenvalue weighted by molar-refractivity contribution is 6.02. The van der Waals surface area contributed by atoms with Gasteiger partial charge in [-0.2, -0.15) is 9.97 Å². The Morgan fingerprint density at radius 2 is 1.87 bits per heavy atom. The number of nitrogens with two attached hydrogens (primary N) is 2. The Kier molecular flexibility index (Phi) is 9.36. The summed E-state index contributed by atoms with van der Waals surface area (Å²) in [5, 5.41) is 19.6. The molecule has 0 amide bonds. The summed E-state index contributed by atoms with van der Waals surface area (Å²) in [5.74, 6) is -0.371. The van der Waals surface area contributed by atoms with E-state index >= 15 is 4.39 Å². The molecule has 290 valence electrons. The van der Waals surface area contributed by atoms with E-state index < -0.39 is 17.1 Å². The summed E-state index contributed by atoms with van der Waals surface area (Å²) in [4.78, 5) is 18.8. The van der Waals surface area contributed by atoms with E-state index in [1.165, 1.54) is 7.11 Å². The second-order valence-corrected chi connectivity index (χ2v) is 16.7. The molecule has 1 aromatic carbocycles. The van der Waals surface area contributed by atoms with E-state index in [0.717, 1.165) is 82.9 Å². The van der Waals surface area contributed by atoms with Gasteiger partial charge in [-0.05, 0) is 87.8 Å². The summed E-state index contributed by atoms with van der Waals surface area (Å²) in [5.41, 5.74) is 14.2. The van der Waals surface area contributed by atoms with Gasteiger partial charge in [-0.1, -0.05) is 12.7 Å². The van der Waals surface area contributed by atoms with Gasteiger partial charge in [-0.25, -0.2) is 9.37 Å². The number of aliphatic hydroxyl groups is 1. The highest BCUT2D eigenvalue weighted by atomic mass is 19.1. The SMILES string of the molecule is C=Cc1c(C)cc(N)c(C=N)c1-c1nc(OC)c2c(N3CCOCC(C)(O)C3)nc(OCC34CCCN(C5CC6(CCOC6)C5)C3(N)CCC4)nc2c1F. The summed E-state index contributed by atoms with van der Waals surface area (Å²) < 4.78 is 41.4. The number of piperidine rings is 1.